The third-order valence-electron chi connectivity index (χ3n) is 6.99. The van der Waals surface area contributed by atoms with Gasteiger partial charge in [0.25, 0.3) is 0 Å². The molecule has 0 atom stereocenters. The molecule has 0 radical (unpaired) electrons. The molecule has 130 valence electrons. The SMILES string of the molecule is CC1C(C)C(C)C(C)C1C.CC1N2C=CC=CC2=C2C=CC=CN21. The minimum Gasteiger partial charge on any atom is -0.325 e. The molecule has 0 N–H and O–H groups in total. The Kier molecular flexibility index (Phi) is 4.76. The highest BCUT2D eigenvalue weighted by Gasteiger charge is 2.38. The molecule has 3 heterocycles. The minimum atomic E-state index is 0.391. The minimum absolute atomic E-state index is 0.391. The molecule has 0 aromatic heterocycles. The molecule has 0 bridgehead atoms. The smallest absolute Gasteiger partial charge is 0.107 e. The van der Waals surface area contributed by atoms with Gasteiger partial charge in [-0.1, -0.05) is 46.8 Å². The molecular formula is C22H32N2. The molecule has 0 spiro atoms. The Bertz CT molecular complexity index is 539. The van der Waals surface area contributed by atoms with Crippen molar-refractivity contribution in [2.24, 2.45) is 29.6 Å². The molecule has 0 amide bonds. The van der Waals surface area contributed by atoms with Gasteiger partial charge in [-0.2, -0.15) is 0 Å². The van der Waals surface area contributed by atoms with E-state index in [1.807, 2.05) is 0 Å². The predicted molar refractivity (Wildman–Crippen MR) is 103 cm³/mol. The van der Waals surface area contributed by atoms with E-state index >= 15 is 0 Å². The van der Waals surface area contributed by atoms with Gasteiger partial charge in [0.1, 0.15) is 6.17 Å². The van der Waals surface area contributed by atoms with E-state index in [4.69, 9.17) is 0 Å². The van der Waals surface area contributed by atoms with Crippen LogP contribution in [0.25, 0.3) is 0 Å². The van der Waals surface area contributed by atoms with Crippen LogP contribution in [0.5, 0.6) is 0 Å². The lowest BCUT2D eigenvalue weighted by atomic mass is 9.92. The number of rotatable bonds is 0. The number of hydrogen-bond donors (Lipinski definition) is 0. The Morgan fingerprint density at radius 1 is 0.542 bits per heavy atom. The van der Waals surface area contributed by atoms with Crippen molar-refractivity contribution in [3.05, 3.63) is 60.3 Å². The molecule has 0 aromatic rings. The second-order valence-electron chi connectivity index (χ2n) is 7.91. The summed E-state index contributed by atoms with van der Waals surface area (Å²) < 4.78 is 0. The molecule has 4 aliphatic rings. The fraction of sp³-hybridized carbons (Fsp3) is 0.545. The lowest BCUT2D eigenvalue weighted by molar-refractivity contribution is 0.255. The third kappa shape index (κ3) is 2.76. The summed E-state index contributed by atoms with van der Waals surface area (Å²) >= 11 is 0. The number of nitrogens with zero attached hydrogens (tertiary/aromatic N) is 2. The first-order chi connectivity index (χ1) is 11.4. The molecular weight excluding hydrogens is 292 g/mol. The van der Waals surface area contributed by atoms with Gasteiger partial charge in [0.2, 0.25) is 0 Å². The van der Waals surface area contributed by atoms with Crippen molar-refractivity contribution in [1.82, 2.24) is 9.80 Å². The fourth-order valence-electron chi connectivity index (χ4n) is 4.53. The molecule has 1 fully saturated rings. The van der Waals surface area contributed by atoms with Crippen LogP contribution in [0.2, 0.25) is 0 Å². The summed E-state index contributed by atoms with van der Waals surface area (Å²) in [5, 5.41) is 0. The van der Waals surface area contributed by atoms with Crippen molar-refractivity contribution in [1.29, 1.82) is 0 Å². The Morgan fingerprint density at radius 2 is 0.875 bits per heavy atom. The maximum atomic E-state index is 2.40. The highest BCUT2D eigenvalue weighted by atomic mass is 15.4. The van der Waals surface area contributed by atoms with Crippen molar-refractivity contribution in [3.8, 4) is 0 Å². The Balaban J connectivity index is 0.000000150. The predicted octanol–water partition coefficient (Wildman–Crippen LogP) is 5.51. The van der Waals surface area contributed by atoms with Gasteiger partial charge < -0.3 is 9.80 Å². The normalized spacial score (nSPS) is 36.8. The van der Waals surface area contributed by atoms with Gasteiger partial charge in [0, 0.05) is 12.4 Å². The number of allylic oxidation sites excluding steroid dienone is 6. The van der Waals surface area contributed by atoms with E-state index in [1.54, 1.807) is 0 Å². The van der Waals surface area contributed by atoms with Crippen molar-refractivity contribution in [3.63, 3.8) is 0 Å². The second kappa shape index (κ2) is 6.66. The van der Waals surface area contributed by atoms with Crippen molar-refractivity contribution < 1.29 is 0 Å². The highest BCUT2D eigenvalue weighted by Crippen LogP contribution is 2.44. The van der Waals surface area contributed by atoms with Gasteiger partial charge in [0.05, 0.1) is 11.4 Å². The summed E-state index contributed by atoms with van der Waals surface area (Å²) in [6, 6.07) is 0. The van der Waals surface area contributed by atoms with Gasteiger partial charge in [-0.25, -0.2) is 0 Å². The Labute approximate surface area is 147 Å². The van der Waals surface area contributed by atoms with Crippen LogP contribution >= 0.6 is 0 Å². The standard InChI is InChI=1S/C12H12N2.C10H20/c1-10-13-8-4-2-6-11(13)12-7-3-5-9-14(10)12;1-6-7(2)9(4)10(5)8(6)3/h2-10H,1H3;6-10H,1-5H3. The van der Waals surface area contributed by atoms with Crippen LogP contribution in [0.15, 0.2) is 60.3 Å². The fourth-order valence-corrected chi connectivity index (χ4v) is 4.53. The molecule has 0 saturated heterocycles. The molecule has 1 aliphatic carbocycles. The molecule has 2 heteroatoms. The molecule has 4 rings (SSSR count). The second-order valence-corrected chi connectivity index (χ2v) is 7.91. The van der Waals surface area contributed by atoms with Gasteiger partial charge in [-0.05, 0) is 60.8 Å². The number of hydrogen-bond acceptors (Lipinski definition) is 2. The van der Waals surface area contributed by atoms with Crippen LogP contribution < -0.4 is 0 Å². The van der Waals surface area contributed by atoms with Crippen molar-refractivity contribution >= 4 is 0 Å². The molecule has 0 aromatic carbocycles. The first-order valence-electron chi connectivity index (χ1n) is 9.44. The maximum Gasteiger partial charge on any atom is 0.107 e. The van der Waals surface area contributed by atoms with Crippen LogP contribution in [0.4, 0.5) is 0 Å². The Hall–Kier alpha value is -1.70. The first kappa shape index (κ1) is 17.1. The zero-order valence-corrected chi connectivity index (χ0v) is 16.0. The van der Waals surface area contributed by atoms with E-state index in [9.17, 15) is 0 Å². The monoisotopic (exact) mass is 324 g/mol. The Morgan fingerprint density at radius 3 is 1.21 bits per heavy atom. The van der Waals surface area contributed by atoms with Crippen LogP contribution in [0.3, 0.4) is 0 Å². The van der Waals surface area contributed by atoms with Gasteiger partial charge in [-0.15, -0.1) is 0 Å². The zero-order chi connectivity index (χ0) is 17.4. The molecule has 3 aliphatic heterocycles. The molecule has 1 saturated carbocycles. The van der Waals surface area contributed by atoms with Crippen LogP contribution in [0, 0.1) is 29.6 Å². The summed E-state index contributed by atoms with van der Waals surface area (Å²) in [4.78, 5) is 4.57. The van der Waals surface area contributed by atoms with E-state index in [0.29, 0.717) is 6.17 Å². The first-order valence-corrected chi connectivity index (χ1v) is 9.44. The summed E-state index contributed by atoms with van der Waals surface area (Å²) in [7, 11) is 0. The maximum absolute atomic E-state index is 2.40. The largest absolute Gasteiger partial charge is 0.325 e. The average molecular weight is 325 g/mol. The number of fused-ring (bicyclic) bond motifs is 2. The van der Waals surface area contributed by atoms with E-state index in [2.05, 4.69) is 100 Å². The van der Waals surface area contributed by atoms with Gasteiger partial charge in [-0.3, -0.25) is 0 Å². The zero-order valence-electron chi connectivity index (χ0n) is 16.0. The quantitative estimate of drug-likeness (QED) is 0.580. The van der Waals surface area contributed by atoms with Gasteiger partial charge >= 0.3 is 0 Å². The molecule has 24 heavy (non-hydrogen) atoms. The molecule has 2 nitrogen and oxygen atoms in total. The van der Waals surface area contributed by atoms with Crippen molar-refractivity contribution in [2.75, 3.05) is 0 Å². The highest BCUT2D eigenvalue weighted by molar-refractivity contribution is 5.44. The summed E-state index contributed by atoms with van der Waals surface area (Å²) in [5.41, 5.74) is 2.58. The van der Waals surface area contributed by atoms with Gasteiger partial charge in [0.15, 0.2) is 0 Å². The lowest BCUT2D eigenvalue weighted by Crippen LogP contribution is -2.32. The van der Waals surface area contributed by atoms with E-state index in [0.717, 1.165) is 29.6 Å². The summed E-state index contributed by atoms with van der Waals surface area (Å²) in [5.74, 6) is 4.68. The van der Waals surface area contributed by atoms with Crippen LogP contribution in [0.1, 0.15) is 41.5 Å². The van der Waals surface area contributed by atoms with Crippen molar-refractivity contribution in [2.45, 2.75) is 47.7 Å². The third-order valence-corrected chi connectivity index (χ3v) is 6.99. The van der Waals surface area contributed by atoms with Crippen LogP contribution in [-0.4, -0.2) is 16.0 Å². The van der Waals surface area contributed by atoms with Crippen LogP contribution in [-0.2, 0) is 0 Å². The van der Waals surface area contributed by atoms with E-state index in [-0.39, 0.29) is 0 Å². The lowest BCUT2D eigenvalue weighted by Gasteiger charge is -2.28. The van der Waals surface area contributed by atoms with E-state index < -0.39 is 0 Å². The van der Waals surface area contributed by atoms with E-state index in [1.165, 1.54) is 11.4 Å². The summed E-state index contributed by atoms with van der Waals surface area (Å²) in [6.07, 6.45) is 17.3. The topological polar surface area (TPSA) is 6.48 Å². The molecule has 0 unspecified atom stereocenters. The average Bonchev–Trinajstić information content (AvgIpc) is 3.00. The summed E-state index contributed by atoms with van der Waals surface area (Å²) in [6.45, 7) is 14.2.